The van der Waals surface area contributed by atoms with Crippen LogP contribution in [0.5, 0.6) is 0 Å². The van der Waals surface area contributed by atoms with Gasteiger partial charge in [0.1, 0.15) is 0 Å². The van der Waals surface area contributed by atoms with E-state index in [0.29, 0.717) is 6.04 Å². The summed E-state index contributed by atoms with van der Waals surface area (Å²) in [7, 11) is 0. The number of fused-ring (bicyclic) bond motifs is 1. The number of nitrogens with zero attached hydrogens (tertiary/aromatic N) is 3. The van der Waals surface area contributed by atoms with E-state index in [1.807, 2.05) is 0 Å². The van der Waals surface area contributed by atoms with Crippen LogP contribution in [0, 0.1) is 0 Å². The maximum atomic E-state index is 4.75. The number of likely N-dealkylation sites (tertiary alicyclic amines) is 1. The van der Waals surface area contributed by atoms with E-state index in [1.165, 1.54) is 42.5 Å². The maximum absolute atomic E-state index is 4.75. The van der Waals surface area contributed by atoms with Crippen LogP contribution in [0.15, 0.2) is 24.3 Å². The normalized spacial score (nSPS) is 17.6. The third-order valence-electron chi connectivity index (χ3n) is 4.38. The monoisotopic (exact) mass is 286 g/mol. The molecule has 1 saturated heterocycles. The van der Waals surface area contributed by atoms with Crippen molar-refractivity contribution in [2.75, 3.05) is 19.6 Å². The molecule has 1 aromatic carbocycles. The van der Waals surface area contributed by atoms with Gasteiger partial charge in [-0.25, -0.2) is 0 Å². The Balaban J connectivity index is 1.64. The lowest BCUT2D eigenvalue weighted by atomic mass is 10.2. The molecule has 4 heteroatoms. The Bertz CT molecular complexity index is 583. The molecule has 0 radical (unpaired) electrons. The molecule has 0 bridgehead atoms. The highest BCUT2D eigenvalue weighted by Crippen LogP contribution is 2.18. The molecule has 0 aliphatic carbocycles. The van der Waals surface area contributed by atoms with Crippen LogP contribution in [0.3, 0.4) is 0 Å². The van der Waals surface area contributed by atoms with E-state index in [2.05, 4.69) is 53.0 Å². The van der Waals surface area contributed by atoms with E-state index in [1.54, 1.807) is 0 Å². The zero-order chi connectivity index (χ0) is 14.7. The van der Waals surface area contributed by atoms with E-state index in [0.717, 1.165) is 19.6 Å². The first kappa shape index (κ1) is 14.5. The van der Waals surface area contributed by atoms with Gasteiger partial charge in [0.05, 0.1) is 11.2 Å². The van der Waals surface area contributed by atoms with Gasteiger partial charge in [0.15, 0.2) is 0 Å². The minimum atomic E-state index is 0.508. The Hall–Kier alpha value is -1.39. The summed E-state index contributed by atoms with van der Waals surface area (Å²) >= 11 is 0. The summed E-state index contributed by atoms with van der Waals surface area (Å²) in [4.78, 5) is 2.56. The number of aromatic nitrogens is 2. The van der Waals surface area contributed by atoms with Gasteiger partial charge in [-0.1, -0.05) is 18.2 Å². The largest absolute Gasteiger partial charge is 0.307 e. The lowest BCUT2D eigenvalue weighted by Gasteiger charge is -2.20. The van der Waals surface area contributed by atoms with Gasteiger partial charge >= 0.3 is 0 Å². The van der Waals surface area contributed by atoms with Crippen LogP contribution in [0.4, 0.5) is 0 Å². The second-order valence-corrected chi connectivity index (χ2v) is 6.07. The van der Waals surface area contributed by atoms with E-state index < -0.39 is 0 Å². The lowest BCUT2D eigenvalue weighted by molar-refractivity contribution is 0.298. The summed E-state index contributed by atoms with van der Waals surface area (Å²) < 4.78 is 2.09. The third-order valence-corrected chi connectivity index (χ3v) is 4.38. The van der Waals surface area contributed by atoms with Crippen molar-refractivity contribution in [1.82, 2.24) is 20.0 Å². The number of rotatable bonds is 6. The van der Waals surface area contributed by atoms with Crippen LogP contribution in [0.2, 0.25) is 0 Å². The Kier molecular flexibility index (Phi) is 4.56. The molecule has 114 valence electrons. The highest BCUT2D eigenvalue weighted by atomic mass is 15.3. The molecule has 1 aliphatic heterocycles. The van der Waals surface area contributed by atoms with E-state index in [-0.39, 0.29) is 0 Å². The topological polar surface area (TPSA) is 33.1 Å². The number of aryl methyl sites for hydroxylation is 1. The van der Waals surface area contributed by atoms with Gasteiger partial charge in [-0.2, -0.15) is 5.10 Å². The van der Waals surface area contributed by atoms with Gasteiger partial charge in [-0.3, -0.25) is 4.68 Å². The minimum absolute atomic E-state index is 0.508. The van der Waals surface area contributed by atoms with Gasteiger partial charge in [-0.05, 0) is 45.8 Å². The van der Waals surface area contributed by atoms with Crippen molar-refractivity contribution < 1.29 is 0 Å². The van der Waals surface area contributed by atoms with E-state index in [9.17, 15) is 0 Å². The molecule has 3 rings (SSSR count). The highest BCUT2D eigenvalue weighted by Gasteiger charge is 2.15. The second-order valence-electron chi connectivity index (χ2n) is 6.07. The summed E-state index contributed by atoms with van der Waals surface area (Å²) in [6.45, 7) is 9.86. The Labute approximate surface area is 127 Å². The minimum Gasteiger partial charge on any atom is -0.307 e. The van der Waals surface area contributed by atoms with Crippen LogP contribution in [0.1, 0.15) is 32.4 Å². The molecule has 1 unspecified atom stereocenters. The quantitative estimate of drug-likeness (QED) is 0.886. The molecular formula is C17H26N4. The molecule has 4 nitrogen and oxygen atoms in total. The molecule has 0 amide bonds. The van der Waals surface area contributed by atoms with Crippen LogP contribution >= 0.6 is 0 Å². The zero-order valence-corrected chi connectivity index (χ0v) is 13.2. The van der Waals surface area contributed by atoms with Crippen LogP contribution in [0.25, 0.3) is 10.9 Å². The number of para-hydroxylation sites is 1. The molecule has 21 heavy (non-hydrogen) atoms. The first-order valence-electron chi connectivity index (χ1n) is 8.18. The van der Waals surface area contributed by atoms with Crippen molar-refractivity contribution in [2.24, 2.45) is 0 Å². The van der Waals surface area contributed by atoms with Crippen molar-refractivity contribution in [3.63, 3.8) is 0 Å². The van der Waals surface area contributed by atoms with Crippen molar-refractivity contribution in [3.8, 4) is 0 Å². The van der Waals surface area contributed by atoms with Crippen molar-refractivity contribution >= 4 is 10.9 Å². The summed E-state index contributed by atoms with van der Waals surface area (Å²) in [5.41, 5.74) is 2.41. The molecule has 0 saturated carbocycles. The number of hydrogen-bond donors (Lipinski definition) is 1. The Morgan fingerprint density at radius 3 is 2.76 bits per heavy atom. The van der Waals surface area contributed by atoms with Gasteiger partial charge in [0.25, 0.3) is 0 Å². The fourth-order valence-electron chi connectivity index (χ4n) is 3.26. The fraction of sp³-hybridized carbons (Fsp3) is 0.588. The second kappa shape index (κ2) is 6.58. The molecular weight excluding hydrogens is 260 g/mol. The average molecular weight is 286 g/mol. The fourth-order valence-corrected chi connectivity index (χ4v) is 3.26. The van der Waals surface area contributed by atoms with Crippen LogP contribution < -0.4 is 5.32 Å². The number of nitrogens with one attached hydrogen (secondary N) is 1. The molecule has 1 aliphatic rings. The maximum Gasteiger partial charge on any atom is 0.0841 e. The van der Waals surface area contributed by atoms with E-state index >= 15 is 0 Å². The highest BCUT2D eigenvalue weighted by molar-refractivity contribution is 5.81. The molecule has 1 fully saturated rings. The standard InChI is InChI=1S/C17H26N4/c1-3-21-17-9-5-4-8-15(17)16(19-21)12-18-14(2)13-20-10-6-7-11-20/h4-5,8-9,14,18H,3,6-7,10-13H2,1-2H3. The van der Waals surface area contributed by atoms with Gasteiger partial charge in [0, 0.05) is 31.1 Å². The Morgan fingerprint density at radius 1 is 1.24 bits per heavy atom. The van der Waals surface area contributed by atoms with Gasteiger partial charge < -0.3 is 10.2 Å². The van der Waals surface area contributed by atoms with Crippen molar-refractivity contribution in [1.29, 1.82) is 0 Å². The van der Waals surface area contributed by atoms with E-state index in [4.69, 9.17) is 5.10 Å². The van der Waals surface area contributed by atoms with Crippen LogP contribution in [-0.4, -0.2) is 40.4 Å². The molecule has 1 atom stereocenters. The molecule has 1 N–H and O–H groups in total. The van der Waals surface area contributed by atoms with Crippen LogP contribution in [-0.2, 0) is 13.1 Å². The number of hydrogen-bond acceptors (Lipinski definition) is 3. The number of benzene rings is 1. The Morgan fingerprint density at radius 2 is 2.00 bits per heavy atom. The van der Waals surface area contributed by atoms with Crippen molar-refractivity contribution in [2.45, 2.75) is 45.8 Å². The SMILES string of the molecule is CCn1nc(CNC(C)CN2CCCC2)c2ccccc21. The third kappa shape index (κ3) is 3.27. The smallest absolute Gasteiger partial charge is 0.0841 e. The van der Waals surface area contributed by atoms with Crippen molar-refractivity contribution in [3.05, 3.63) is 30.0 Å². The molecule has 0 spiro atoms. The van der Waals surface area contributed by atoms with Gasteiger partial charge in [0.2, 0.25) is 0 Å². The first-order valence-corrected chi connectivity index (χ1v) is 8.18. The molecule has 2 heterocycles. The zero-order valence-electron chi connectivity index (χ0n) is 13.2. The summed E-state index contributed by atoms with van der Waals surface area (Å²) in [5.74, 6) is 0. The molecule has 1 aromatic heterocycles. The molecule has 2 aromatic rings. The predicted molar refractivity (Wildman–Crippen MR) is 87.4 cm³/mol. The lowest BCUT2D eigenvalue weighted by Crippen LogP contribution is -2.37. The summed E-state index contributed by atoms with van der Waals surface area (Å²) in [5, 5.41) is 9.67. The first-order chi connectivity index (χ1) is 10.3. The predicted octanol–water partition coefficient (Wildman–Crippen LogP) is 2.63. The summed E-state index contributed by atoms with van der Waals surface area (Å²) in [6.07, 6.45) is 2.72. The summed E-state index contributed by atoms with van der Waals surface area (Å²) in [6, 6.07) is 9.03. The van der Waals surface area contributed by atoms with Gasteiger partial charge in [-0.15, -0.1) is 0 Å². The average Bonchev–Trinajstić information content (AvgIpc) is 3.12.